The van der Waals surface area contributed by atoms with Crippen molar-refractivity contribution in [3.63, 3.8) is 0 Å². The minimum Gasteiger partial charge on any atom is -0.318 e. The molecule has 1 aliphatic rings. The lowest BCUT2D eigenvalue weighted by molar-refractivity contribution is 0.754. The van der Waals surface area contributed by atoms with Gasteiger partial charge in [0.25, 0.3) is 5.56 Å². The average Bonchev–Trinajstić information content (AvgIpc) is 2.56. The lowest BCUT2D eigenvalue weighted by Gasteiger charge is -2.10. The van der Waals surface area contributed by atoms with E-state index in [4.69, 9.17) is 0 Å². The Morgan fingerprint density at radius 3 is 2.32 bits per heavy atom. The number of aryl methyl sites for hydroxylation is 1. The first-order valence-corrected chi connectivity index (χ1v) is 7.02. The molecule has 0 fully saturated rings. The molecule has 0 amide bonds. The summed E-state index contributed by atoms with van der Waals surface area (Å²) in [4.78, 5) is 12.3. The van der Waals surface area contributed by atoms with Crippen LogP contribution in [0.15, 0.2) is 22.6 Å². The van der Waals surface area contributed by atoms with Crippen LogP contribution in [0.1, 0.15) is 45.6 Å². The van der Waals surface area contributed by atoms with Crippen molar-refractivity contribution in [2.75, 3.05) is 0 Å². The third-order valence-corrected chi connectivity index (χ3v) is 3.85. The Labute approximate surface area is 114 Å². The second-order valence-electron chi connectivity index (χ2n) is 5.95. The monoisotopic (exact) mass is 257 g/mol. The number of nitrogens with zero attached hydrogens (tertiary/aromatic N) is 1. The van der Waals surface area contributed by atoms with Crippen molar-refractivity contribution in [2.24, 2.45) is 13.0 Å². The van der Waals surface area contributed by atoms with Crippen LogP contribution in [-0.4, -0.2) is 4.57 Å². The van der Waals surface area contributed by atoms with Gasteiger partial charge in [-0.05, 0) is 35.1 Å². The number of rotatable bonds is 2. The smallest absolute Gasteiger partial charge is 0.258 e. The van der Waals surface area contributed by atoms with Gasteiger partial charge in [0.2, 0.25) is 0 Å². The molecule has 102 valence electrons. The molecule has 2 rings (SSSR count). The first kappa shape index (κ1) is 13.9. The van der Waals surface area contributed by atoms with Gasteiger partial charge in [-0.3, -0.25) is 4.79 Å². The van der Waals surface area contributed by atoms with E-state index in [0.717, 1.165) is 16.9 Å². The maximum Gasteiger partial charge on any atom is 0.258 e. The highest BCUT2D eigenvalue weighted by molar-refractivity contribution is 5.49. The van der Waals surface area contributed by atoms with Crippen LogP contribution in [0, 0.1) is 5.92 Å². The second-order valence-corrected chi connectivity index (χ2v) is 5.95. The summed E-state index contributed by atoms with van der Waals surface area (Å²) in [7, 11) is 1.83. The fourth-order valence-corrected chi connectivity index (χ4v) is 2.55. The van der Waals surface area contributed by atoms with Crippen molar-refractivity contribution < 1.29 is 0 Å². The van der Waals surface area contributed by atoms with E-state index < -0.39 is 0 Å². The van der Waals surface area contributed by atoms with Gasteiger partial charge in [-0.2, -0.15) is 0 Å². The van der Waals surface area contributed by atoms with Crippen molar-refractivity contribution in [1.29, 1.82) is 0 Å². The number of hydrogen-bond donors (Lipinski definition) is 0. The van der Waals surface area contributed by atoms with Crippen LogP contribution in [0.5, 0.6) is 0 Å². The summed E-state index contributed by atoms with van der Waals surface area (Å²) in [5, 5.41) is 1.97. The Hall–Kier alpha value is -1.57. The van der Waals surface area contributed by atoms with Crippen LogP contribution in [0.25, 0.3) is 12.2 Å². The summed E-state index contributed by atoms with van der Waals surface area (Å²) in [6, 6.07) is 0. The van der Waals surface area contributed by atoms with Crippen LogP contribution in [0.4, 0.5) is 0 Å². The summed E-state index contributed by atoms with van der Waals surface area (Å²) >= 11 is 0. The summed E-state index contributed by atoms with van der Waals surface area (Å²) < 4.78 is 1.70. The molecule has 0 unspecified atom stereocenters. The molecule has 0 radical (unpaired) electrons. The van der Waals surface area contributed by atoms with Crippen molar-refractivity contribution in [3.8, 4) is 0 Å². The van der Waals surface area contributed by atoms with Gasteiger partial charge in [0, 0.05) is 18.5 Å². The third-order valence-electron chi connectivity index (χ3n) is 3.85. The number of pyridine rings is 1. The summed E-state index contributed by atoms with van der Waals surface area (Å²) in [5.41, 5.74) is 2.73. The lowest BCUT2D eigenvalue weighted by atomic mass is 9.98. The fraction of sp³-hybridized carbons (Fsp3) is 0.471. The number of fused-ring (bicyclic) bond motifs is 1. The SMILES string of the molecule is CC(C)C1=CC=c2c(c(C(C)C)cn(C)c2=O)=CC1. The van der Waals surface area contributed by atoms with E-state index in [1.165, 1.54) is 11.1 Å². The summed E-state index contributed by atoms with van der Waals surface area (Å²) in [6.45, 7) is 8.75. The Bertz CT molecular complexity index is 687. The van der Waals surface area contributed by atoms with E-state index in [1.54, 1.807) is 4.57 Å². The van der Waals surface area contributed by atoms with E-state index in [2.05, 4.69) is 39.8 Å². The topological polar surface area (TPSA) is 22.0 Å². The van der Waals surface area contributed by atoms with Crippen molar-refractivity contribution >= 4 is 12.2 Å². The number of aromatic nitrogens is 1. The quantitative estimate of drug-likeness (QED) is 0.795. The molecular formula is C17H23NO. The van der Waals surface area contributed by atoms with E-state index in [9.17, 15) is 4.79 Å². The average molecular weight is 257 g/mol. The van der Waals surface area contributed by atoms with Crippen LogP contribution in [0.3, 0.4) is 0 Å². The van der Waals surface area contributed by atoms with Crippen LogP contribution < -0.4 is 16.0 Å². The van der Waals surface area contributed by atoms with Gasteiger partial charge >= 0.3 is 0 Å². The Kier molecular flexibility index (Phi) is 3.79. The standard InChI is InChI=1S/C17H23NO/c1-11(2)13-6-8-14-15(9-7-13)17(19)18(5)10-16(14)12(3)4/h7-12H,6H2,1-5H3. The highest BCUT2D eigenvalue weighted by atomic mass is 16.1. The minimum absolute atomic E-state index is 0.0944. The maximum absolute atomic E-state index is 12.3. The summed E-state index contributed by atoms with van der Waals surface area (Å²) in [6.07, 6.45) is 9.27. The molecule has 1 aliphatic carbocycles. The highest BCUT2D eigenvalue weighted by Crippen LogP contribution is 2.16. The van der Waals surface area contributed by atoms with E-state index in [0.29, 0.717) is 11.8 Å². The molecule has 0 saturated heterocycles. The zero-order chi connectivity index (χ0) is 14.2. The zero-order valence-corrected chi connectivity index (χ0v) is 12.5. The molecule has 0 spiro atoms. The molecule has 19 heavy (non-hydrogen) atoms. The first-order valence-electron chi connectivity index (χ1n) is 7.02. The zero-order valence-electron chi connectivity index (χ0n) is 12.5. The van der Waals surface area contributed by atoms with Gasteiger partial charge in [-0.25, -0.2) is 0 Å². The molecule has 0 aromatic carbocycles. The van der Waals surface area contributed by atoms with Gasteiger partial charge in [0.05, 0.1) is 0 Å². The van der Waals surface area contributed by atoms with Gasteiger partial charge < -0.3 is 4.57 Å². The fourth-order valence-electron chi connectivity index (χ4n) is 2.55. The van der Waals surface area contributed by atoms with Gasteiger partial charge in [-0.1, -0.05) is 45.4 Å². The lowest BCUT2D eigenvalue weighted by Crippen LogP contribution is -2.45. The van der Waals surface area contributed by atoms with Crippen molar-refractivity contribution in [2.45, 2.75) is 40.0 Å². The van der Waals surface area contributed by atoms with Crippen molar-refractivity contribution in [3.05, 3.63) is 44.2 Å². The normalized spacial score (nSPS) is 14.6. The Balaban J connectivity index is 2.80. The number of allylic oxidation sites excluding steroid dienone is 2. The number of hydrogen-bond acceptors (Lipinski definition) is 1. The van der Waals surface area contributed by atoms with E-state index >= 15 is 0 Å². The summed E-state index contributed by atoms with van der Waals surface area (Å²) in [5.74, 6) is 0.943. The minimum atomic E-state index is 0.0944. The first-order chi connectivity index (χ1) is 8.91. The Morgan fingerprint density at radius 1 is 1.05 bits per heavy atom. The van der Waals surface area contributed by atoms with Crippen LogP contribution in [-0.2, 0) is 7.05 Å². The molecule has 0 aliphatic heterocycles. The predicted molar refractivity (Wildman–Crippen MR) is 81.5 cm³/mol. The van der Waals surface area contributed by atoms with Crippen LogP contribution >= 0.6 is 0 Å². The van der Waals surface area contributed by atoms with Crippen LogP contribution in [0.2, 0.25) is 0 Å². The molecular weight excluding hydrogens is 234 g/mol. The molecule has 0 saturated carbocycles. The molecule has 1 aromatic rings. The molecule has 0 atom stereocenters. The van der Waals surface area contributed by atoms with Crippen molar-refractivity contribution in [1.82, 2.24) is 4.57 Å². The molecule has 0 N–H and O–H groups in total. The molecule has 0 bridgehead atoms. The largest absolute Gasteiger partial charge is 0.318 e. The van der Waals surface area contributed by atoms with Gasteiger partial charge in [-0.15, -0.1) is 0 Å². The van der Waals surface area contributed by atoms with Gasteiger partial charge in [0.1, 0.15) is 0 Å². The predicted octanol–water partition coefficient (Wildman–Crippen LogP) is 2.06. The molecule has 2 heteroatoms. The molecule has 1 heterocycles. The van der Waals surface area contributed by atoms with E-state index in [-0.39, 0.29) is 5.56 Å². The van der Waals surface area contributed by atoms with Gasteiger partial charge in [0.15, 0.2) is 0 Å². The second kappa shape index (κ2) is 5.20. The highest BCUT2D eigenvalue weighted by Gasteiger charge is 2.10. The Morgan fingerprint density at radius 2 is 1.74 bits per heavy atom. The van der Waals surface area contributed by atoms with E-state index in [1.807, 2.05) is 19.3 Å². The molecule has 1 aromatic heterocycles. The molecule has 2 nitrogen and oxygen atoms in total. The maximum atomic E-state index is 12.3. The third kappa shape index (κ3) is 2.58.